The van der Waals surface area contributed by atoms with Crippen LogP contribution in [-0.2, 0) is 13.2 Å². The number of anilines is 1. The molecule has 8 heteroatoms. The number of hydrogen-bond donors (Lipinski definition) is 2. The van der Waals surface area contributed by atoms with Gasteiger partial charge >= 0.3 is 0 Å². The number of aromatic nitrogens is 6. The summed E-state index contributed by atoms with van der Waals surface area (Å²) < 4.78 is 13.7. The first-order valence-electron chi connectivity index (χ1n) is 9.53. The van der Waals surface area contributed by atoms with Crippen LogP contribution in [0.25, 0.3) is 33.5 Å². The number of fused-ring (bicyclic) bond motifs is 2. The van der Waals surface area contributed by atoms with E-state index in [4.69, 9.17) is 9.97 Å². The van der Waals surface area contributed by atoms with Crippen LogP contribution in [0.3, 0.4) is 0 Å². The Morgan fingerprint density at radius 1 is 0.967 bits per heavy atom. The molecule has 30 heavy (non-hydrogen) atoms. The van der Waals surface area contributed by atoms with Gasteiger partial charge in [0.1, 0.15) is 18.5 Å². The summed E-state index contributed by atoms with van der Waals surface area (Å²) in [7, 11) is 0. The van der Waals surface area contributed by atoms with Crippen molar-refractivity contribution in [1.29, 1.82) is 0 Å². The number of alkyl halides is 1. The van der Waals surface area contributed by atoms with E-state index in [-0.39, 0.29) is 0 Å². The van der Waals surface area contributed by atoms with E-state index in [1.165, 1.54) is 6.33 Å². The molecule has 0 aliphatic carbocycles. The van der Waals surface area contributed by atoms with Crippen LogP contribution in [0.15, 0.2) is 55.1 Å². The average Bonchev–Trinajstić information content (AvgIpc) is 3.27. The molecule has 0 aliphatic heterocycles. The molecule has 0 amide bonds. The molecule has 0 fully saturated rings. The van der Waals surface area contributed by atoms with Crippen molar-refractivity contribution < 1.29 is 4.39 Å². The maximum absolute atomic E-state index is 13.7. The quantitative estimate of drug-likeness (QED) is 0.456. The van der Waals surface area contributed by atoms with Crippen LogP contribution >= 0.6 is 0 Å². The molecular weight excluding hydrogens is 381 g/mol. The Morgan fingerprint density at radius 3 is 2.77 bits per heavy atom. The van der Waals surface area contributed by atoms with Gasteiger partial charge in [0.15, 0.2) is 11.5 Å². The lowest BCUT2D eigenvalue weighted by molar-refractivity contribution is 0.486. The summed E-state index contributed by atoms with van der Waals surface area (Å²) in [6, 6.07) is 13.2. The zero-order valence-corrected chi connectivity index (χ0v) is 16.2. The Bertz CT molecular complexity index is 1360. The molecule has 0 saturated carbocycles. The van der Waals surface area contributed by atoms with E-state index < -0.39 is 6.67 Å². The second kappa shape index (κ2) is 7.47. The molecule has 0 atom stereocenters. The molecule has 0 unspecified atom stereocenters. The van der Waals surface area contributed by atoms with Crippen molar-refractivity contribution in [2.24, 2.45) is 0 Å². The summed E-state index contributed by atoms with van der Waals surface area (Å²) >= 11 is 0. The lowest BCUT2D eigenvalue weighted by atomic mass is 10.0. The normalized spacial score (nSPS) is 11.3. The summed E-state index contributed by atoms with van der Waals surface area (Å²) in [6.45, 7) is 1.77. The molecule has 0 bridgehead atoms. The molecule has 0 aliphatic rings. The molecule has 5 rings (SSSR count). The Labute approximate surface area is 171 Å². The summed E-state index contributed by atoms with van der Waals surface area (Å²) in [5.41, 5.74) is 6.60. The lowest BCUT2D eigenvalue weighted by Gasteiger charge is -2.14. The van der Waals surface area contributed by atoms with E-state index in [2.05, 4.69) is 25.3 Å². The fraction of sp³-hybridized carbons (Fsp3) is 0.136. The minimum Gasteiger partial charge on any atom is -0.362 e. The monoisotopic (exact) mass is 399 g/mol. The molecule has 5 aromatic rings. The smallest absolute Gasteiger partial charge is 0.162 e. The first-order valence-corrected chi connectivity index (χ1v) is 9.53. The van der Waals surface area contributed by atoms with Gasteiger partial charge in [0.25, 0.3) is 0 Å². The maximum atomic E-state index is 13.7. The van der Waals surface area contributed by atoms with Gasteiger partial charge in [0.05, 0.1) is 35.3 Å². The van der Waals surface area contributed by atoms with Gasteiger partial charge in [-0.05, 0) is 24.1 Å². The van der Waals surface area contributed by atoms with Crippen LogP contribution in [0.4, 0.5) is 10.2 Å². The van der Waals surface area contributed by atoms with Gasteiger partial charge in [-0.25, -0.2) is 29.3 Å². The highest BCUT2D eigenvalue weighted by molar-refractivity contribution is 5.83. The van der Waals surface area contributed by atoms with Gasteiger partial charge in [-0.15, -0.1) is 0 Å². The van der Waals surface area contributed by atoms with Crippen LogP contribution < -0.4 is 5.32 Å². The fourth-order valence-electron chi connectivity index (χ4n) is 3.52. The van der Waals surface area contributed by atoms with Crippen molar-refractivity contribution in [3.63, 3.8) is 0 Å². The second-order valence-corrected chi connectivity index (χ2v) is 6.93. The zero-order valence-electron chi connectivity index (χ0n) is 16.2. The van der Waals surface area contributed by atoms with E-state index >= 15 is 0 Å². The summed E-state index contributed by atoms with van der Waals surface area (Å²) in [5, 5.41) is 3.29. The van der Waals surface area contributed by atoms with E-state index in [9.17, 15) is 4.39 Å². The highest BCUT2D eigenvalue weighted by atomic mass is 19.1. The van der Waals surface area contributed by atoms with E-state index in [1.54, 1.807) is 12.4 Å². The number of benzene rings is 2. The van der Waals surface area contributed by atoms with E-state index in [1.807, 2.05) is 43.3 Å². The van der Waals surface area contributed by atoms with Gasteiger partial charge < -0.3 is 10.3 Å². The van der Waals surface area contributed by atoms with Crippen molar-refractivity contribution >= 4 is 28.0 Å². The molecule has 148 valence electrons. The van der Waals surface area contributed by atoms with Crippen LogP contribution in [-0.4, -0.2) is 29.9 Å². The fourth-order valence-corrected chi connectivity index (χ4v) is 3.52. The molecule has 0 spiro atoms. The SMILES string of the molecule is Cc1cccc2nc(CNc3ncnc4[nH]cnc34)c(-c3ccccc3CF)nc12. The lowest BCUT2D eigenvalue weighted by Crippen LogP contribution is -2.08. The highest BCUT2D eigenvalue weighted by Crippen LogP contribution is 2.29. The topological polar surface area (TPSA) is 92.3 Å². The van der Waals surface area contributed by atoms with Gasteiger partial charge in [-0.3, -0.25) is 0 Å². The zero-order chi connectivity index (χ0) is 20.5. The largest absolute Gasteiger partial charge is 0.362 e. The molecule has 7 nitrogen and oxygen atoms in total. The Kier molecular flexibility index (Phi) is 4.51. The number of imidazole rings is 1. The Hall–Kier alpha value is -3.94. The maximum Gasteiger partial charge on any atom is 0.162 e. The van der Waals surface area contributed by atoms with Gasteiger partial charge in [0, 0.05) is 5.56 Å². The molecule has 3 heterocycles. The molecule has 2 aromatic carbocycles. The van der Waals surface area contributed by atoms with Crippen LogP contribution in [0.1, 0.15) is 16.8 Å². The predicted molar refractivity (Wildman–Crippen MR) is 114 cm³/mol. The first-order chi connectivity index (χ1) is 14.7. The van der Waals surface area contributed by atoms with Gasteiger partial charge in [0.2, 0.25) is 0 Å². The first kappa shape index (κ1) is 18.1. The van der Waals surface area contributed by atoms with Crippen LogP contribution in [0, 0.1) is 6.92 Å². The number of halogens is 1. The third-order valence-corrected chi connectivity index (χ3v) is 5.03. The Balaban J connectivity index is 1.63. The standard InChI is InChI=1S/C22H18FN7/c1-13-5-4-8-16-18(13)30-19(15-7-3-2-6-14(15)9-23)17(29-16)10-24-21-20-22(26-11-25-20)28-12-27-21/h2-8,11-12H,9-10H2,1H3,(H2,24,25,26,27,28). The van der Waals surface area contributed by atoms with Crippen molar-refractivity contribution in [3.05, 3.63) is 71.9 Å². The van der Waals surface area contributed by atoms with Crippen molar-refractivity contribution in [3.8, 4) is 11.3 Å². The summed E-state index contributed by atoms with van der Waals surface area (Å²) in [4.78, 5) is 25.4. The number of hydrogen-bond acceptors (Lipinski definition) is 6. The third-order valence-electron chi connectivity index (χ3n) is 5.03. The highest BCUT2D eigenvalue weighted by Gasteiger charge is 2.16. The van der Waals surface area contributed by atoms with Crippen molar-refractivity contribution in [1.82, 2.24) is 29.9 Å². The number of H-pyrrole nitrogens is 1. The van der Waals surface area contributed by atoms with Gasteiger partial charge in [-0.2, -0.15) is 0 Å². The van der Waals surface area contributed by atoms with E-state index in [0.717, 1.165) is 22.2 Å². The van der Waals surface area contributed by atoms with Crippen molar-refractivity contribution in [2.45, 2.75) is 20.1 Å². The third kappa shape index (κ3) is 3.12. The van der Waals surface area contributed by atoms with E-state index in [0.29, 0.717) is 40.5 Å². The number of aryl methyl sites for hydroxylation is 1. The minimum atomic E-state index is -0.573. The molecule has 2 N–H and O–H groups in total. The molecule has 3 aromatic heterocycles. The molecule has 0 saturated heterocycles. The van der Waals surface area contributed by atoms with Crippen molar-refractivity contribution in [2.75, 3.05) is 5.32 Å². The summed E-state index contributed by atoms with van der Waals surface area (Å²) in [5.74, 6) is 0.595. The number of para-hydroxylation sites is 1. The number of nitrogens with one attached hydrogen (secondary N) is 2. The summed E-state index contributed by atoms with van der Waals surface area (Å²) in [6.07, 6.45) is 3.05. The van der Waals surface area contributed by atoms with Crippen LogP contribution in [0.2, 0.25) is 0 Å². The average molecular weight is 399 g/mol. The molecule has 0 radical (unpaired) electrons. The van der Waals surface area contributed by atoms with Crippen LogP contribution in [0.5, 0.6) is 0 Å². The number of aromatic amines is 1. The number of nitrogens with zero attached hydrogens (tertiary/aromatic N) is 5. The predicted octanol–water partition coefficient (Wildman–Crippen LogP) is 4.35. The minimum absolute atomic E-state index is 0.353. The number of rotatable bonds is 5. The van der Waals surface area contributed by atoms with Gasteiger partial charge in [-0.1, -0.05) is 36.4 Å². The molecular formula is C22H18FN7. The Morgan fingerprint density at radius 2 is 1.87 bits per heavy atom. The second-order valence-electron chi connectivity index (χ2n) is 6.93.